The van der Waals surface area contributed by atoms with Crippen molar-refractivity contribution in [1.29, 1.82) is 0 Å². The van der Waals surface area contributed by atoms with Gasteiger partial charge >= 0.3 is 0 Å². The van der Waals surface area contributed by atoms with Gasteiger partial charge in [-0.25, -0.2) is 0 Å². The van der Waals surface area contributed by atoms with E-state index in [4.69, 9.17) is 4.74 Å². The van der Waals surface area contributed by atoms with Crippen LogP contribution in [0.15, 0.2) is 0 Å². The molecule has 0 spiro atoms. The van der Waals surface area contributed by atoms with E-state index in [1.165, 1.54) is 0 Å². The Morgan fingerprint density at radius 2 is 2.29 bits per heavy atom. The Morgan fingerprint density at radius 3 is 2.93 bits per heavy atom. The van der Waals surface area contributed by atoms with Gasteiger partial charge in [-0.1, -0.05) is 0 Å². The first kappa shape index (κ1) is 11.5. The highest BCUT2D eigenvalue weighted by molar-refractivity contribution is 5.77. The lowest BCUT2D eigenvalue weighted by Crippen LogP contribution is -2.48. The van der Waals surface area contributed by atoms with E-state index in [2.05, 4.69) is 19.2 Å². The van der Waals surface area contributed by atoms with Crippen molar-refractivity contribution in [2.45, 2.75) is 25.8 Å². The highest BCUT2D eigenvalue weighted by Crippen LogP contribution is 2.10. The summed E-state index contributed by atoms with van der Waals surface area (Å²) in [6, 6.07) is 0. The van der Waals surface area contributed by atoms with Gasteiger partial charge < -0.3 is 15.0 Å². The van der Waals surface area contributed by atoms with Gasteiger partial charge in [-0.3, -0.25) is 4.79 Å². The van der Waals surface area contributed by atoms with Crippen molar-refractivity contribution < 1.29 is 9.53 Å². The maximum atomic E-state index is 11.6. The van der Waals surface area contributed by atoms with Crippen molar-refractivity contribution in [3.05, 3.63) is 0 Å². The highest BCUT2D eigenvalue weighted by Gasteiger charge is 2.26. The molecule has 0 aliphatic carbocycles. The zero-order valence-corrected chi connectivity index (χ0v) is 9.30. The monoisotopic (exact) mass is 200 g/mol. The molecule has 0 radical (unpaired) electrons. The minimum atomic E-state index is 0.0138. The molecular weight excluding hydrogens is 180 g/mol. The Hall–Kier alpha value is -0.610. The quantitative estimate of drug-likeness (QED) is 0.694. The minimum Gasteiger partial charge on any atom is -0.375 e. The predicted octanol–water partition coefficient (Wildman–Crippen LogP) is 0.233. The van der Waals surface area contributed by atoms with Crippen LogP contribution in [0.3, 0.4) is 0 Å². The summed E-state index contributed by atoms with van der Waals surface area (Å²) < 4.78 is 4.85. The zero-order valence-electron chi connectivity index (χ0n) is 9.30. The first-order valence-electron chi connectivity index (χ1n) is 5.07. The number of nitrogens with one attached hydrogen (secondary N) is 1. The van der Waals surface area contributed by atoms with Crippen LogP contribution in [-0.4, -0.2) is 49.7 Å². The molecule has 1 aliphatic rings. The van der Waals surface area contributed by atoms with Gasteiger partial charge in [-0.2, -0.15) is 0 Å². The highest BCUT2D eigenvalue weighted by atomic mass is 16.5. The molecule has 0 aromatic carbocycles. The third kappa shape index (κ3) is 3.27. The second-order valence-electron chi connectivity index (χ2n) is 4.41. The summed E-state index contributed by atoms with van der Waals surface area (Å²) in [4.78, 5) is 13.5. The molecule has 1 fully saturated rings. The van der Waals surface area contributed by atoms with Gasteiger partial charge in [0.05, 0.1) is 0 Å². The second-order valence-corrected chi connectivity index (χ2v) is 4.41. The van der Waals surface area contributed by atoms with Gasteiger partial charge in [0.15, 0.2) is 0 Å². The topological polar surface area (TPSA) is 41.6 Å². The van der Waals surface area contributed by atoms with Gasteiger partial charge in [0.25, 0.3) is 0 Å². The molecule has 0 aromatic heterocycles. The number of carbonyl (C=O) groups excluding carboxylic acids is 1. The van der Waals surface area contributed by atoms with Crippen LogP contribution in [0.2, 0.25) is 0 Å². The molecule has 1 saturated heterocycles. The minimum absolute atomic E-state index is 0.0138. The van der Waals surface area contributed by atoms with Crippen molar-refractivity contribution in [1.82, 2.24) is 10.2 Å². The number of hydrogen-bond donors (Lipinski definition) is 1. The van der Waals surface area contributed by atoms with E-state index in [0.717, 1.165) is 26.1 Å². The lowest BCUT2D eigenvalue weighted by Gasteiger charge is -2.29. The molecule has 14 heavy (non-hydrogen) atoms. The van der Waals surface area contributed by atoms with Crippen molar-refractivity contribution in [2.24, 2.45) is 0 Å². The van der Waals surface area contributed by atoms with Crippen LogP contribution in [-0.2, 0) is 9.53 Å². The van der Waals surface area contributed by atoms with Crippen molar-refractivity contribution in [3.8, 4) is 0 Å². The van der Waals surface area contributed by atoms with Gasteiger partial charge in [-0.15, -0.1) is 0 Å². The fourth-order valence-corrected chi connectivity index (χ4v) is 1.74. The summed E-state index contributed by atoms with van der Waals surface area (Å²) >= 11 is 0. The SMILES string of the molecule is COCC(=O)N1CCCNC(C)(C)C1. The summed E-state index contributed by atoms with van der Waals surface area (Å²) in [7, 11) is 1.55. The smallest absolute Gasteiger partial charge is 0.248 e. The third-order valence-electron chi connectivity index (χ3n) is 2.42. The number of methoxy groups -OCH3 is 1. The van der Waals surface area contributed by atoms with E-state index in [1.807, 2.05) is 4.90 Å². The van der Waals surface area contributed by atoms with E-state index >= 15 is 0 Å². The Morgan fingerprint density at radius 1 is 1.57 bits per heavy atom. The maximum absolute atomic E-state index is 11.6. The number of carbonyl (C=O) groups is 1. The second kappa shape index (κ2) is 4.75. The molecule has 0 unspecified atom stereocenters. The number of nitrogens with zero attached hydrogens (tertiary/aromatic N) is 1. The fourth-order valence-electron chi connectivity index (χ4n) is 1.74. The van der Waals surface area contributed by atoms with Crippen LogP contribution < -0.4 is 5.32 Å². The van der Waals surface area contributed by atoms with E-state index in [0.29, 0.717) is 0 Å². The molecule has 0 bridgehead atoms. The van der Waals surface area contributed by atoms with Crippen LogP contribution in [0.4, 0.5) is 0 Å². The molecule has 0 aromatic rings. The van der Waals surface area contributed by atoms with Gasteiger partial charge in [0.2, 0.25) is 5.91 Å². The average Bonchev–Trinajstić information content (AvgIpc) is 2.27. The molecule has 1 aliphatic heterocycles. The molecule has 1 N–H and O–H groups in total. The summed E-state index contributed by atoms with van der Waals surface area (Å²) in [5.74, 6) is 0.0873. The predicted molar refractivity (Wildman–Crippen MR) is 55.2 cm³/mol. The fraction of sp³-hybridized carbons (Fsp3) is 0.900. The van der Waals surface area contributed by atoms with E-state index in [9.17, 15) is 4.79 Å². The lowest BCUT2D eigenvalue weighted by atomic mass is 10.1. The molecule has 4 nitrogen and oxygen atoms in total. The maximum Gasteiger partial charge on any atom is 0.248 e. The first-order valence-corrected chi connectivity index (χ1v) is 5.07. The zero-order chi connectivity index (χ0) is 10.6. The molecule has 4 heteroatoms. The number of rotatable bonds is 2. The molecule has 1 heterocycles. The van der Waals surface area contributed by atoms with E-state index < -0.39 is 0 Å². The average molecular weight is 200 g/mol. The lowest BCUT2D eigenvalue weighted by molar-refractivity contribution is -0.135. The summed E-state index contributed by atoms with van der Waals surface area (Å²) in [6.45, 7) is 6.99. The molecule has 1 amide bonds. The van der Waals surface area contributed by atoms with E-state index in [-0.39, 0.29) is 18.1 Å². The van der Waals surface area contributed by atoms with Crippen LogP contribution in [0.1, 0.15) is 20.3 Å². The molecule has 82 valence electrons. The molecule has 0 saturated carbocycles. The Labute approximate surface area is 85.6 Å². The Kier molecular flexibility index (Phi) is 3.89. The van der Waals surface area contributed by atoms with Crippen LogP contribution in [0, 0.1) is 0 Å². The Balaban J connectivity index is 2.55. The van der Waals surface area contributed by atoms with Crippen molar-refractivity contribution in [3.63, 3.8) is 0 Å². The van der Waals surface area contributed by atoms with Crippen LogP contribution in [0.25, 0.3) is 0 Å². The normalized spacial score (nSPS) is 21.8. The summed E-state index contributed by atoms with van der Waals surface area (Å²) in [5.41, 5.74) is 0.0138. The molecule has 1 rings (SSSR count). The van der Waals surface area contributed by atoms with Gasteiger partial charge in [-0.05, 0) is 26.8 Å². The standard InChI is InChI=1S/C10H20N2O2/c1-10(2)8-12(6-4-5-11-10)9(13)7-14-3/h11H,4-8H2,1-3H3. The van der Waals surface area contributed by atoms with Gasteiger partial charge in [0.1, 0.15) is 6.61 Å². The largest absolute Gasteiger partial charge is 0.375 e. The van der Waals surface area contributed by atoms with Crippen molar-refractivity contribution in [2.75, 3.05) is 33.4 Å². The number of hydrogen-bond acceptors (Lipinski definition) is 3. The van der Waals surface area contributed by atoms with E-state index in [1.54, 1.807) is 7.11 Å². The van der Waals surface area contributed by atoms with Gasteiger partial charge in [0, 0.05) is 25.7 Å². The molecular formula is C10H20N2O2. The first-order chi connectivity index (χ1) is 6.55. The third-order valence-corrected chi connectivity index (χ3v) is 2.42. The molecule has 0 atom stereocenters. The summed E-state index contributed by atoms with van der Waals surface area (Å²) in [5, 5.41) is 3.41. The Bertz CT molecular complexity index is 204. The number of ether oxygens (including phenoxy) is 1. The van der Waals surface area contributed by atoms with Crippen LogP contribution in [0.5, 0.6) is 0 Å². The van der Waals surface area contributed by atoms with Crippen LogP contribution >= 0.6 is 0 Å². The van der Waals surface area contributed by atoms with Crippen molar-refractivity contribution >= 4 is 5.91 Å². The number of amides is 1. The summed E-state index contributed by atoms with van der Waals surface area (Å²) in [6.07, 6.45) is 1.01.